The van der Waals surface area contributed by atoms with Crippen molar-refractivity contribution in [3.05, 3.63) is 22.4 Å². The Morgan fingerprint density at radius 3 is 2.76 bits per heavy atom. The first kappa shape index (κ1) is 18.7. The quantitative estimate of drug-likeness (QED) is 0.420. The van der Waals surface area contributed by atoms with Gasteiger partial charge in [-0.25, -0.2) is 0 Å². The predicted molar refractivity (Wildman–Crippen MR) is 101 cm³/mol. The molecule has 0 aliphatic carbocycles. The van der Waals surface area contributed by atoms with Crippen molar-refractivity contribution in [3.63, 3.8) is 0 Å². The number of hydrogen-bond donors (Lipinski definition) is 2. The average molecular weight is 423 g/mol. The van der Waals surface area contributed by atoms with Crippen LogP contribution in [0.4, 0.5) is 0 Å². The van der Waals surface area contributed by atoms with Crippen LogP contribution >= 0.6 is 35.3 Å². The molecule has 0 aromatic carbocycles. The Morgan fingerprint density at radius 2 is 2.24 bits per heavy atom. The smallest absolute Gasteiger partial charge is 0.191 e. The van der Waals surface area contributed by atoms with E-state index >= 15 is 0 Å². The van der Waals surface area contributed by atoms with Gasteiger partial charge >= 0.3 is 0 Å². The minimum Gasteiger partial charge on any atom is -0.380 e. The van der Waals surface area contributed by atoms with E-state index in [1.165, 1.54) is 5.56 Å². The SMILES string of the molecule is CCNC(=NCC1(C)COC1)NCC(C)c1ccsc1.I. The summed E-state index contributed by atoms with van der Waals surface area (Å²) in [6.45, 7) is 10.8. The van der Waals surface area contributed by atoms with Gasteiger partial charge in [0.05, 0.1) is 19.8 Å². The molecule has 1 aromatic heterocycles. The van der Waals surface area contributed by atoms with Crippen molar-refractivity contribution in [2.24, 2.45) is 10.4 Å². The fraction of sp³-hybridized carbons (Fsp3) is 0.667. The summed E-state index contributed by atoms with van der Waals surface area (Å²) in [5.74, 6) is 1.40. The van der Waals surface area contributed by atoms with Crippen molar-refractivity contribution in [1.82, 2.24) is 10.6 Å². The molecule has 6 heteroatoms. The fourth-order valence-corrected chi connectivity index (χ4v) is 2.86. The first-order chi connectivity index (χ1) is 9.63. The Bertz CT molecular complexity index is 432. The summed E-state index contributed by atoms with van der Waals surface area (Å²) in [5.41, 5.74) is 1.61. The second-order valence-electron chi connectivity index (χ2n) is 5.84. The van der Waals surface area contributed by atoms with Gasteiger partial charge in [0.15, 0.2) is 5.96 Å². The van der Waals surface area contributed by atoms with Crippen molar-refractivity contribution in [2.75, 3.05) is 32.8 Å². The summed E-state index contributed by atoms with van der Waals surface area (Å²) in [4.78, 5) is 4.68. The number of rotatable bonds is 6. The van der Waals surface area contributed by atoms with Crippen LogP contribution in [0.25, 0.3) is 0 Å². The largest absolute Gasteiger partial charge is 0.380 e. The lowest BCUT2D eigenvalue weighted by molar-refractivity contribution is -0.0945. The van der Waals surface area contributed by atoms with Crippen molar-refractivity contribution in [1.29, 1.82) is 0 Å². The van der Waals surface area contributed by atoms with E-state index in [9.17, 15) is 0 Å². The molecule has 2 N–H and O–H groups in total. The van der Waals surface area contributed by atoms with Gasteiger partial charge < -0.3 is 15.4 Å². The molecule has 2 heterocycles. The summed E-state index contributed by atoms with van der Waals surface area (Å²) in [6, 6.07) is 2.19. The Kier molecular flexibility index (Phi) is 7.97. The third kappa shape index (κ3) is 5.75. The number of ether oxygens (including phenoxy) is 1. The molecule has 1 aromatic rings. The zero-order valence-electron chi connectivity index (χ0n) is 13.0. The molecule has 120 valence electrons. The lowest BCUT2D eigenvalue weighted by Gasteiger charge is -2.36. The topological polar surface area (TPSA) is 45.7 Å². The highest BCUT2D eigenvalue weighted by Gasteiger charge is 2.33. The molecule has 2 rings (SSSR count). The number of guanidine groups is 1. The second-order valence-corrected chi connectivity index (χ2v) is 6.62. The molecule has 0 bridgehead atoms. The van der Waals surface area contributed by atoms with Gasteiger partial charge in [0.1, 0.15) is 0 Å². The van der Waals surface area contributed by atoms with E-state index in [0.29, 0.717) is 5.92 Å². The van der Waals surface area contributed by atoms with Gasteiger partial charge in [0, 0.05) is 18.5 Å². The summed E-state index contributed by atoms with van der Waals surface area (Å²) >= 11 is 1.75. The molecule has 1 saturated heterocycles. The first-order valence-corrected chi connectivity index (χ1v) is 8.19. The van der Waals surface area contributed by atoms with Crippen LogP contribution in [-0.2, 0) is 4.74 Å². The Morgan fingerprint density at radius 1 is 1.48 bits per heavy atom. The molecule has 1 unspecified atom stereocenters. The van der Waals surface area contributed by atoms with E-state index in [-0.39, 0.29) is 29.4 Å². The molecule has 21 heavy (non-hydrogen) atoms. The van der Waals surface area contributed by atoms with Gasteiger partial charge in [-0.05, 0) is 35.2 Å². The van der Waals surface area contributed by atoms with E-state index in [0.717, 1.165) is 38.8 Å². The van der Waals surface area contributed by atoms with E-state index in [2.05, 4.69) is 53.2 Å². The Balaban J connectivity index is 0.00000220. The zero-order valence-corrected chi connectivity index (χ0v) is 16.2. The Hall–Kier alpha value is -0.340. The molecule has 1 aliphatic rings. The number of nitrogens with zero attached hydrogens (tertiary/aromatic N) is 1. The maximum absolute atomic E-state index is 5.27. The van der Waals surface area contributed by atoms with E-state index < -0.39 is 0 Å². The highest BCUT2D eigenvalue weighted by atomic mass is 127. The van der Waals surface area contributed by atoms with Crippen molar-refractivity contribution >= 4 is 41.3 Å². The van der Waals surface area contributed by atoms with Crippen molar-refractivity contribution in [2.45, 2.75) is 26.7 Å². The Labute approximate surface area is 148 Å². The zero-order chi connectivity index (χ0) is 14.4. The maximum atomic E-state index is 5.27. The van der Waals surface area contributed by atoms with Gasteiger partial charge in [-0.15, -0.1) is 24.0 Å². The van der Waals surface area contributed by atoms with Crippen LogP contribution in [-0.4, -0.2) is 38.8 Å². The molecular weight excluding hydrogens is 397 g/mol. The second kappa shape index (κ2) is 8.95. The molecule has 0 spiro atoms. The molecule has 1 atom stereocenters. The summed E-state index contributed by atoms with van der Waals surface area (Å²) < 4.78 is 5.27. The number of nitrogens with one attached hydrogen (secondary N) is 2. The number of hydrogen-bond acceptors (Lipinski definition) is 3. The lowest BCUT2D eigenvalue weighted by Crippen LogP contribution is -2.44. The van der Waals surface area contributed by atoms with Crippen LogP contribution in [0.5, 0.6) is 0 Å². The molecule has 0 radical (unpaired) electrons. The van der Waals surface area contributed by atoms with E-state index in [4.69, 9.17) is 4.74 Å². The molecule has 4 nitrogen and oxygen atoms in total. The van der Waals surface area contributed by atoms with E-state index in [1.807, 2.05) is 0 Å². The van der Waals surface area contributed by atoms with E-state index in [1.54, 1.807) is 11.3 Å². The number of aliphatic imine (C=N–C) groups is 1. The average Bonchev–Trinajstić information content (AvgIpc) is 2.93. The van der Waals surface area contributed by atoms with Crippen molar-refractivity contribution in [3.8, 4) is 0 Å². The van der Waals surface area contributed by atoms with Gasteiger partial charge in [0.2, 0.25) is 0 Å². The van der Waals surface area contributed by atoms with Crippen LogP contribution < -0.4 is 10.6 Å². The standard InChI is InChI=1S/C15H25N3OS.HI/c1-4-16-14(18-9-15(3)10-19-11-15)17-7-12(2)13-5-6-20-8-13;/h5-6,8,12H,4,7,9-11H2,1-3H3,(H2,16,17,18);1H. The molecule has 0 saturated carbocycles. The maximum Gasteiger partial charge on any atom is 0.191 e. The number of thiophene rings is 1. The lowest BCUT2D eigenvalue weighted by atomic mass is 9.89. The van der Waals surface area contributed by atoms with Crippen LogP contribution in [0.15, 0.2) is 21.8 Å². The van der Waals surface area contributed by atoms with Gasteiger partial charge in [-0.1, -0.05) is 13.8 Å². The first-order valence-electron chi connectivity index (χ1n) is 7.25. The van der Waals surface area contributed by atoms with Crippen LogP contribution in [0.2, 0.25) is 0 Å². The summed E-state index contributed by atoms with van der Waals surface area (Å²) in [5, 5.41) is 11.1. The predicted octanol–water partition coefficient (Wildman–Crippen LogP) is 3.06. The van der Waals surface area contributed by atoms with Crippen molar-refractivity contribution < 1.29 is 4.74 Å². The van der Waals surface area contributed by atoms with Gasteiger partial charge in [0.25, 0.3) is 0 Å². The minimum absolute atomic E-state index is 0. The molecule has 1 aliphatic heterocycles. The minimum atomic E-state index is 0. The molecule has 0 amide bonds. The molecular formula is C15H26IN3OS. The van der Waals surface area contributed by atoms with Gasteiger partial charge in [-0.2, -0.15) is 11.3 Å². The fourth-order valence-electron chi connectivity index (χ4n) is 2.08. The highest BCUT2D eigenvalue weighted by molar-refractivity contribution is 14.0. The van der Waals surface area contributed by atoms with Crippen LogP contribution in [0.1, 0.15) is 32.3 Å². The number of halogens is 1. The third-order valence-corrected chi connectivity index (χ3v) is 4.25. The third-order valence-electron chi connectivity index (χ3n) is 3.55. The van der Waals surface area contributed by atoms with Gasteiger partial charge in [-0.3, -0.25) is 4.99 Å². The molecule has 1 fully saturated rings. The monoisotopic (exact) mass is 423 g/mol. The summed E-state index contributed by atoms with van der Waals surface area (Å²) in [7, 11) is 0. The van der Waals surface area contributed by atoms with Crippen LogP contribution in [0, 0.1) is 5.41 Å². The highest BCUT2D eigenvalue weighted by Crippen LogP contribution is 2.26. The van der Waals surface area contributed by atoms with Crippen LogP contribution in [0.3, 0.4) is 0 Å². The normalized spacial score (nSPS) is 18.3. The summed E-state index contributed by atoms with van der Waals surface area (Å²) in [6.07, 6.45) is 0.